The number of aliphatic hydroxyl groups is 1. The van der Waals surface area contributed by atoms with E-state index in [-0.39, 0.29) is 18.1 Å². The summed E-state index contributed by atoms with van der Waals surface area (Å²) in [5.41, 5.74) is 0.644. The van der Waals surface area contributed by atoms with Gasteiger partial charge in [-0.15, -0.1) is 0 Å². The molecule has 1 rings (SSSR count). The number of carbonyl (C=O) groups excluding carboxylic acids is 1. The Hall–Kier alpha value is -0.870. The highest BCUT2D eigenvalue weighted by atomic mass is 79.9. The molecule has 0 aromatic heterocycles. The standard InChI is InChI=1S/C14H20BrNO2/c1-3-14(2,8-9-17)16-13(18)10-11-6-4-5-7-12(11)15/h4-7,17H,3,8-10H2,1-2H3,(H,16,18). The van der Waals surface area contributed by atoms with E-state index in [1.54, 1.807) is 0 Å². The van der Waals surface area contributed by atoms with E-state index in [0.717, 1.165) is 16.5 Å². The molecule has 0 aliphatic heterocycles. The summed E-state index contributed by atoms with van der Waals surface area (Å²) in [4.78, 5) is 12.0. The van der Waals surface area contributed by atoms with Gasteiger partial charge in [-0.1, -0.05) is 41.1 Å². The first-order chi connectivity index (χ1) is 8.50. The predicted molar refractivity (Wildman–Crippen MR) is 76.4 cm³/mol. The molecule has 1 aromatic carbocycles. The molecule has 0 aliphatic carbocycles. The van der Waals surface area contributed by atoms with E-state index in [9.17, 15) is 4.79 Å². The Labute approximate surface area is 117 Å². The van der Waals surface area contributed by atoms with Crippen LogP contribution in [0, 0.1) is 0 Å². The second kappa shape index (κ2) is 6.90. The van der Waals surface area contributed by atoms with Crippen LogP contribution >= 0.6 is 15.9 Å². The Morgan fingerprint density at radius 3 is 2.67 bits per heavy atom. The van der Waals surface area contributed by atoms with Gasteiger partial charge in [0.05, 0.1) is 6.42 Å². The predicted octanol–water partition coefficient (Wildman–Crippen LogP) is 2.66. The summed E-state index contributed by atoms with van der Waals surface area (Å²) >= 11 is 3.43. The first-order valence-corrected chi connectivity index (χ1v) is 6.95. The van der Waals surface area contributed by atoms with Crippen molar-refractivity contribution in [2.45, 2.75) is 38.6 Å². The summed E-state index contributed by atoms with van der Waals surface area (Å²) in [6.45, 7) is 4.05. The Kier molecular flexibility index (Phi) is 5.82. The number of benzene rings is 1. The van der Waals surface area contributed by atoms with E-state index in [0.29, 0.717) is 12.8 Å². The van der Waals surface area contributed by atoms with Crippen LogP contribution in [0.3, 0.4) is 0 Å². The molecule has 1 aromatic rings. The molecule has 4 heteroatoms. The van der Waals surface area contributed by atoms with E-state index >= 15 is 0 Å². The number of nitrogens with one attached hydrogen (secondary N) is 1. The average molecular weight is 314 g/mol. The molecule has 2 N–H and O–H groups in total. The third kappa shape index (κ3) is 4.42. The van der Waals surface area contributed by atoms with Gasteiger partial charge in [0.15, 0.2) is 0 Å². The van der Waals surface area contributed by atoms with Crippen molar-refractivity contribution in [3.05, 3.63) is 34.3 Å². The van der Waals surface area contributed by atoms with Gasteiger partial charge in [-0.05, 0) is 31.4 Å². The smallest absolute Gasteiger partial charge is 0.224 e. The maximum Gasteiger partial charge on any atom is 0.224 e. The van der Waals surface area contributed by atoms with Crippen LogP contribution in [0.4, 0.5) is 0 Å². The topological polar surface area (TPSA) is 49.3 Å². The van der Waals surface area contributed by atoms with Crippen LogP contribution < -0.4 is 5.32 Å². The van der Waals surface area contributed by atoms with Crippen molar-refractivity contribution in [1.82, 2.24) is 5.32 Å². The number of amides is 1. The van der Waals surface area contributed by atoms with Crippen LogP contribution in [-0.4, -0.2) is 23.2 Å². The van der Waals surface area contributed by atoms with E-state index in [4.69, 9.17) is 5.11 Å². The maximum absolute atomic E-state index is 12.0. The Morgan fingerprint density at radius 1 is 1.44 bits per heavy atom. The molecule has 0 bridgehead atoms. The third-order valence-corrected chi connectivity index (χ3v) is 3.97. The minimum Gasteiger partial charge on any atom is -0.396 e. The average Bonchev–Trinajstić information content (AvgIpc) is 2.32. The van der Waals surface area contributed by atoms with Crippen LogP contribution in [0.1, 0.15) is 32.3 Å². The van der Waals surface area contributed by atoms with E-state index in [1.807, 2.05) is 38.1 Å². The first kappa shape index (κ1) is 15.2. The highest BCUT2D eigenvalue weighted by Crippen LogP contribution is 2.18. The van der Waals surface area contributed by atoms with E-state index < -0.39 is 0 Å². The normalized spacial score (nSPS) is 14.0. The number of hydrogen-bond donors (Lipinski definition) is 2. The van der Waals surface area contributed by atoms with Gasteiger partial charge in [0.25, 0.3) is 0 Å². The molecule has 1 amide bonds. The van der Waals surface area contributed by atoms with Crippen molar-refractivity contribution in [3.63, 3.8) is 0 Å². The van der Waals surface area contributed by atoms with Crippen LogP contribution in [0.2, 0.25) is 0 Å². The number of rotatable bonds is 6. The summed E-state index contributed by atoms with van der Waals surface area (Å²) < 4.78 is 0.945. The Balaban J connectivity index is 2.64. The van der Waals surface area contributed by atoms with Crippen molar-refractivity contribution in [2.75, 3.05) is 6.61 Å². The molecule has 0 saturated heterocycles. The molecular weight excluding hydrogens is 294 g/mol. The molecule has 1 unspecified atom stereocenters. The van der Waals surface area contributed by atoms with Crippen molar-refractivity contribution in [1.29, 1.82) is 0 Å². The lowest BCUT2D eigenvalue weighted by Crippen LogP contribution is -2.46. The molecule has 0 radical (unpaired) electrons. The Morgan fingerprint density at radius 2 is 2.11 bits per heavy atom. The fourth-order valence-corrected chi connectivity index (χ4v) is 2.19. The van der Waals surface area contributed by atoms with Gasteiger partial charge in [-0.2, -0.15) is 0 Å². The maximum atomic E-state index is 12.0. The molecule has 0 heterocycles. The lowest BCUT2D eigenvalue weighted by molar-refractivity contribution is -0.122. The molecule has 0 fully saturated rings. The zero-order valence-corrected chi connectivity index (χ0v) is 12.5. The minimum atomic E-state index is -0.326. The Bertz CT molecular complexity index is 409. The summed E-state index contributed by atoms with van der Waals surface area (Å²) in [5, 5.41) is 12.0. The van der Waals surface area contributed by atoms with Crippen LogP contribution in [0.15, 0.2) is 28.7 Å². The number of halogens is 1. The van der Waals surface area contributed by atoms with Gasteiger partial charge in [-0.3, -0.25) is 4.79 Å². The molecular formula is C14H20BrNO2. The molecule has 100 valence electrons. The molecule has 0 spiro atoms. The fraction of sp³-hybridized carbons (Fsp3) is 0.500. The second-order valence-corrected chi connectivity index (χ2v) is 5.56. The van der Waals surface area contributed by atoms with Crippen LogP contribution in [0.25, 0.3) is 0 Å². The van der Waals surface area contributed by atoms with Crippen molar-refractivity contribution in [3.8, 4) is 0 Å². The largest absolute Gasteiger partial charge is 0.396 e. The monoisotopic (exact) mass is 313 g/mol. The summed E-state index contributed by atoms with van der Waals surface area (Å²) in [7, 11) is 0. The zero-order valence-electron chi connectivity index (χ0n) is 10.9. The minimum absolute atomic E-state index is 0.0142. The van der Waals surface area contributed by atoms with Gasteiger partial charge in [0, 0.05) is 16.6 Å². The highest BCUT2D eigenvalue weighted by molar-refractivity contribution is 9.10. The quantitative estimate of drug-likeness (QED) is 0.848. The first-order valence-electron chi connectivity index (χ1n) is 6.16. The molecule has 3 nitrogen and oxygen atoms in total. The van der Waals surface area contributed by atoms with Gasteiger partial charge >= 0.3 is 0 Å². The zero-order chi connectivity index (χ0) is 13.6. The van der Waals surface area contributed by atoms with Gasteiger partial charge in [0.2, 0.25) is 5.91 Å². The summed E-state index contributed by atoms with van der Waals surface area (Å²) in [6.07, 6.45) is 1.73. The highest BCUT2D eigenvalue weighted by Gasteiger charge is 2.23. The van der Waals surface area contributed by atoms with Crippen LogP contribution in [0.5, 0.6) is 0 Å². The van der Waals surface area contributed by atoms with Gasteiger partial charge in [0.1, 0.15) is 0 Å². The molecule has 0 saturated carbocycles. The van der Waals surface area contributed by atoms with Crippen molar-refractivity contribution < 1.29 is 9.90 Å². The summed E-state index contributed by atoms with van der Waals surface area (Å²) in [6, 6.07) is 7.70. The molecule has 18 heavy (non-hydrogen) atoms. The summed E-state index contributed by atoms with van der Waals surface area (Å²) in [5.74, 6) is -0.0142. The van der Waals surface area contributed by atoms with E-state index in [2.05, 4.69) is 21.2 Å². The SMILES string of the molecule is CCC(C)(CCO)NC(=O)Cc1ccccc1Br. The molecule has 1 atom stereocenters. The van der Waals surface area contributed by atoms with Gasteiger partial charge < -0.3 is 10.4 Å². The van der Waals surface area contributed by atoms with Crippen molar-refractivity contribution >= 4 is 21.8 Å². The lowest BCUT2D eigenvalue weighted by Gasteiger charge is -2.29. The second-order valence-electron chi connectivity index (χ2n) is 4.70. The number of aliphatic hydroxyl groups excluding tert-OH is 1. The third-order valence-electron chi connectivity index (χ3n) is 3.19. The van der Waals surface area contributed by atoms with Crippen molar-refractivity contribution in [2.24, 2.45) is 0 Å². The van der Waals surface area contributed by atoms with Gasteiger partial charge in [-0.25, -0.2) is 0 Å². The lowest BCUT2D eigenvalue weighted by atomic mass is 9.94. The number of carbonyl (C=O) groups is 1. The number of hydrogen-bond acceptors (Lipinski definition) is 2. The van der Waals surface area contributed by atoms with Crippen LogP contribution in [-0.2, 0) is 11.2 Å². The van der Waals surface area contributed by atoms with E-state index in [1.165, 1.54) is 0 Å². The fourth-order valence-electron chi connectivity index (χ4n) is 1.77. The molecule has 0 aliphatic rings.